The quantitative estimate of drug-likeness (QED) is 0.536. The molecular weight excluding hydrogens is 374 g/mol. The highest BCUT2D eigenvalue weighted by Crippen LogP contribution is 2.31. The van der Waals surface area contributed by atoms with Gasteiger partial charge in [-0.1, -0.05) is 12.1 Å². The average Bonchev–Trinajstić information content (AvgIpc) is 3.29. The number of ether oxygens (including phenoxy) is 1. The third-order valence-electron chi connectivity index (χ3n) is 4.66. The van der Waals surface area contributed by atoms with Crippen molar-refractivity contribution in [3.8, 4) is 5.75 Å². The molecule has 1 unspecified atom stereocenters. The number of hydrogen-bond donors (Lipinski definition) is 1. The molecule has 0 bridgehead atoms. The smallest absolute Gasteiger partial charge is 0.264 e. The molecule has 1 aromatic carbocycles. The molecule has 4 aromatic rings. The number of benzene rings is 1. The molecule has 0 saturated carbocycles. The molecule has 1 N–H and O–H groups in total. The predicted molar refractivity (Wildman–Crippen MR) is 107 cm³/mol. The molecule has 9 nitrogen and oxygen atoms in total. The minimum absolute atomic E-state index is 0.147. The van der Waals surface area contributed by atoms with Crippen molar-refractivity contribution < 1.29 is 13.9 Å². The summed E-state index contributed by atoms with van der Waals surface area (Å²) in [4.78, 5) is 29.2. The summed E-state index contributed by atoms with van der Waals surface area (Å²) in [5.41, 5.74) is 0.816. The first kappa shape index (κ1) is 18.7. The molecule has 0 aliphatic rings. The van der Waals surface area contributed by atoms with Crippen LogP contribution >= 0.6 is 0 Å². The van der Waals surface area contributed by atoms with Crippen LogP contribution < -0.4 is 15.6 Å². The van der Waals surface area contributed by atoms with Gasteiger partial charge in [0.1, 0.15) is 24.0 Å². The van der Waals surface area contributed by atoms with Crippen molar-refractivity contribution in [2.45, 2.75) is 26.4 Å². The van der Waals surface area contributed by atoms with Crippen LogP contribution in [0, 0.1) is 0 Å². The average molecular weight is 395 g/mol. The van der Waals surface area contributed by atoms with Gasteiger partial charge < -0.3 is 14.5 Å². The summed E-state index contributed by atoms with van der Waals surface area (Å²) in [6.07, 6.45) is 2.80. The maximum absolute atomic E-state index is 12.5. The Morgan fingerprint density at radius 2 is 2.21 bits per heavy atom. The molecule has 9 heteroatoms. The van der Waals surface area contributed by atoms with E-state index in [0.717, 1.165) is 5.39 Å². The molecule has 1 atom stereocenters. The minimum atomic E-state index is -0.379. The zero-order valence-corrected chi connectivity index (χ0v) is 16.4. The fourth-order valence-electron chi connectivity index (χ4n) is 3.23. The van der Waals surface area contributed by atoms with Crippen LogP contribution in [0.1, 0.15) is 25.6 Å². The lowest BCUT2D eigenvalue weighted by Gasteiger charge is -2.12. The molecule has 0 aliphatic carbocycles. The predicted octanol–water partition coefficient (Wildman–Crippen LogP) is 2.15. The topological polar surface area (TPSA) is 104 Å². The Balaban J connectivity index is 1.51. The van der Waals surface area contributed by atoms with Crippen molar-refractivity contribution >= 4 is 27.9 Å². The van der Waals surface area contributed by atoms with Gasteiger partial charge in [0.2, 0.25) is 5.91 Å². The molecule has 0 fully saturated rings. The summed E-state index contributed by atoms with van der Waals surface area (Å²) in [5.74, 6) is 0.945. The molecule has 0 spiro atoms. The number of aromatic nitrogens is 4. The number of carbonyl (C=O) groups is 1. The zero-order valence-electron chi connectivity index (χ0n) is 16.4. The molecule has 1 amide bonds. The summed E-state index contributed by atoms with van der Waals surface area (Å²) in [6.45, 7) is 4.11. The second-order valence-electron chi connectivity index (χ2n) is 6.73. The minimum Gasteiger partial charge on any atom is -0.490 e. The number of carbonyl (C=O) groups excluding carboxylic acids is 1. The van der Waals surface area contributed by atoms with E-state index in [1.54, 1.807) is 7.05 Å². The largest absolute Gasteiger partial charge is 0.490 e. The van der Waals surface area contributed by atoms with Gasteiger partial charge in [0.05, 0.1) is 18.8 Å². The van der Waals surface area contributed by atoms with E-state index in [4.69, 9.17) is 9.15 Å². The van der Waals surface area contributed by atoms with Crippen molar-refractivity contribution in [3.63, 3.8) is 0 Å². The highest BCUT2D eigenvalue weighted by molar-refractivity contribution is 5.84. The molecule has 29 heavy (non-hydrogen) atoms. The Kier molecular flexibility index (Phi) is 4.79. The van der Waals surface area contributed by atoms with E-state index in [2.05, 4.69) is 15.4 Å². The molecule has 0 aliphatic heterocycles. The number of furan rings is 1. The molecular formula is C20H21N5O4. The molecule has 4 rings (SSSR count). The molecule has 3 aromatic heterocycles. The number of para-hydroxylation sites is 1. The third-order valence-corrected chi connectivity index (χ3v) is 4.66. The number of hydrogen-bond acceptors (Lipinski definition) is 6. The van der Waals surface area contributed by atoms with Crippen LogP contribution in [-0.2, 0) is 18.4 Å². The van der Waals surface area contributed by atoms with Crippen molar-refractivity contribution in [2.24, 2.45) is 7.05 Å². The van der Waals surface area contributed by atoms with E-state index < -0.39 is 0 Å². The Morgan fingerprint density at radius 3 is 3.00 bits per heavy atom. The van der Waals surface area contributed by atoms with Crippen LogP contribution in [0.3, 0.4) is 0 Å². The van der Waals surface area contributed by atoms with E-state index in [9.17, 15) is 9.59 Å². The molecule has 0 radical (unpaired) electrons. The zero-order chi connectivity index (χ0) is 20.5. The van der Waals surface area contributed by atoms with Crippen LogP contribution in [-0.4, -0.2) is 31.8 Å². The van der Waals surface area contributed by atoms with E-state index >= 15 is 0 Å². The number of fused-ring (bicyclic) bond motifs is 2. The molecule has 3 heterocycles. The monoisotopic (exact) mass is 395 g/mol. The van der Waals surface area contributed by atoms with Crippen molar-refractivity contribution in [1.29, 1.82) is 0 Å². The van der Waals surface area contributed by atoms with E-state index in [1.165, 1.54) is 21.8 Å². The maximum atomic E-state index is 12.5. The lowest BCUT2D eigenvalue weighted by Crippen LogP contribution is -2.33. The van der Waals surface area contributed by atoms with Gasteiger partial charge in [-0.15, -0.1) is 0 Å². The van der Waals surface area contributed by atoms with E-state index in [0.29, 0.717) is 34.7 Å². The molecule has 0 saturated heterocycles. The first-order valence-electron chi connectivity index (χ1n) is 9.29. The standard InChI is InChI=1S/C20H21N5O4/c1-4-28-15-7-5-6-13-8-16(29-18(13)15)12(2)23-17(26)10-25-11-21-19-14(20(25)27)9-22-24(19)3/h5-9,11-12H,4,10H2,1-3H3,(H,23,26). The van der Waals surface area contributed by atoms with Crippen molar-refractivity contribution in [3.05, 3.63) is 52.9 Å². The highest BCUT2D eigenvalue weighted by Gasteiger charge is 2.17. The number of aryl methyl sites for hydroxylation is 1. The van der Waals surface area contributed by atoms with Crippen molar-refractivity contribution in [2.75, 3.05) is 6.61 Å². The lowest BCUT2D eigenvalue weighted by atomic mass is 10.2. The lowest BCUT2D eigenvalue weighted by molar-refractivity contribution is -0.122. The summed E-state index contributed by atoms with van der Waals surface area (Å²) < 4.78 is 14.3. The summed E-state index contributed by atoms with van der Waals surface area (Å²) in [5, 5.41) is 8.15. The third kappa shape index (κ3) is 3.46. The second-order valence-corrected chi connectivity index (χ2v) is 6.73. The van der Waals surface area contributed by atoms with Gasteiger partial charge in [0.15, 0.2) is 17.0 Å². The van der Waals surface area contributed by atoms with Gasteiger partial charge in [-0.2, -0.15) is 5.10 Å². The van der Waals surface area contributed by atoms with Crippen LogP contribution in [0.5, 0.6) is 5.75 Å². The summed E-state index contributed by atoms with van der Waals surface area (Å²) in [7, 11) is 1.71. The number of nitrogens with zero attached hydrogens (tertiary/aromatic N) is 4. The van der Waals surface area contributed by atoms with Gasteiger partial charge in [-0.05, 0) is 26.0 Å². The van der Waals surface area contributed by atoms with Gasteiger partial charge >= 0.3 is 0 Å². The van der Waals surface area contributed by atoms with Crippen LogP contribution in [0.4, 0.5) is 0 Å². The summed E-state index contributed by atoms with van der Waals surface area (Å²) >= 11 is 0. The Bertz CT molecular complexity index is 1250. The van der Waals surface area contributed by atoms with Gasteiger partial charge in [0, 0.05) is 12.4 Å². The SMILES string of the molecule is CCOc1cccc2cc(C(C)NC(=O)Cn3cnc4c(cnn4C)c3=O)oc12. The van der Waals surface area contributed by atoms with Gasteiger partial charge in [0.25, 0.3) is 5.56 Å². The Labute approximate surface area is 165 Å². The number of rotatable bonds is 6. The molecule has 150 valence electrons. The first-order chi connectivity index (χ1) is 14.0. The fourth-order valence-corrected chi connectivity index (χ4v) is 3.23. The highest BCUT2D eigenvalue weighted by atomic mass is 16.5. The Morgan fingerprint density at radius 1 is 1.38 bits per heavy atom. The summed E-state index contributed by atoms with van der Waals surface area (Å²) in [6, 6.07) is 7.15. The van der Waals surface area contributed by atoms with Crippen molar-refractivity contribution in [1.82, 2.24) is 24.6 Å². The van der Waals surface area contributed by atoms with Gasteiger partial charge in [-0.3, -0.25) is 18.8 Å². The normalized spacial score (nSPS) is 12.4. The first-order valence-corrected chi connectivity index (χ1v) is 9.29. The van der Waals surface area contributed by atoms with E-state index in [1.807, 2.05) is 38.1 Å². The Hall–Kier alpha value is -3.62. The maximum Gasteiger partial charge on any atom is 0.264 e. The number of amides is 1. The van der Waals surface area contributed by atoms with Crippen LogP contribution in [0.25, 0.3) is 22.0 Å². The van der Waals surface area contributed by atoms with Crippen LogP contribution in [0.15, 0.2) is 46.0 Å². The van der Waals surface area contributed by atoms with Crippen LogP contribution in [0.2, 0.25) is 0 Å². The van der Waals surface area contributed by atoms with E-state index in [-0.39, 0.29) is 24.1 Å². The number of nitrogens with one attached hydrogen (secondary N) is 1. The second kappa shape index (κ2) is 7.42. The fraction of sp³-hybridized carbons (Fsp3) is 0.300. The van der Waals surface area contributed by atoms with Gasteiger partial charge in [-0.25, -0.2) is 4.98 Å².